The molecule has 1 aliphatic heterocycles. The summed E-state index contributed by atoms with van der Waals surface area (Å²) in [6.07, 6.45) is -0.667. The first-order valence-corrected chi connectivity index (χ1v) is 8.03. The molecule has 5 nitrogen and oxygen atoms in total. The molecule has 1 amide bonds. The van der Waals surface area contributed by atoms with Gasteiger partial charge in [0.2, 0.25) is 0 Å². The van der Waals surface area contributed by atoms with Crippen molar-refractivity contribution in [1.29, 1.82) is 0 Å². The highest BCUT2D eigenvalue weighted by Gasteiger charge is 2.38. The Hall–Kier alpha value is -2.41. The molecule has 25 heavy (non-hydrogen) atoms. The Balaban J connectivity index is 2.01. The molecule has 3 rings (SSSR count). The molecule has 1 fully saturated rings. The van der Waals surface area contributed by atoms with E-state index in [0.717, 1.165) is 23.9 Å². The Kier molecular flexibility index (Phi) is 4.51. The minimum Gasteiger partial charge on any atom is -0.391 e. The van der Waals surface area contributed by atoms with Gasteiger partial charge < -0.3 is 10.0 Å². The van der Waals surface area contributed by atoms with E-state index in [-0.39, 0.29) is 24.2 Å². The Labute approximate surface area is 144 Å². The van der Waals surface area contributed by atoms with E-state index in [1.807, 2.05) is 0 Å². The van der Waals surface area contributed by atoms with Crippen LogP contribution in [0.5, 0.6) is 0 Å². The second-order valence-corrected chi connectivity index (χ2v) is 6.36. The Morgan fingerprint density at radius 1 is 1.16 bits per heavy atom. The van der Waals surface area contributed by atoms with Crippen LogP contribution in [0.2, 0.25) is 0 Å². The van der Waals surface area contributed by atoms with Gasteiger partial charge in [0.1, 0.15) is 17.3 Å². The second-order valence-electron chi connectivity index (χ2n) is 6.36. The molecule has 0 radical (unpaired) electrons. The fraction of sp³-hybridized carbons (Fsp3) is 0.389. The van der Waals surface area contributed by atoms with Crippen LogP contribution in [0.25, 0.3) is 0 Å². The van der Waals surface area contributed by atoms with Gasteiger partial charge in [-0.05, 0) is 45.4 Å². The van der Waals surface area contributed by atoms with Crippen LogP contribution in [0.1, 0.15) is 45.6 Å². The number of nitrogens with zero attached hydrogens (tertiary/aromatic N) is 3. The number of likely N-dealkylation sites (tertiary alicyclic amines) is 1. The maximum atomic E-state index is 14.2. The van der Waals surface area contributed by atoms with E-state index in [9.17, 15) is 18.7 Å². The molecule has 0 bridgehead atoms. The van der Waals surface area contributed by atoms with E-state index in [4.69, 9.17) is 0 Å². The molecule has 0 unspecified atom stereocenters. The summed E-state index contributed by atoms with van der Waals surface area (Å²) >= 11 is 0. The lowest BCUT2D eigenvalue weighted by Crippen LogP contribution is -2.33. The van der Waals surface area contributed by atoms with E-state index in [1.54, 1.807) is 20.8 Å². The van der Waals surface area contributed by atoms with E-state index >= 15 is 0 Å². The van der Waals surface area contributed by atoms with Crippen LogP contribution < -0.4 is 0 Å². The van der Waals surface area contributed by atoms with Crippen LogP contribution in [0, 0.1) is 32.4 Å². The number of aliphatic hydroxyl groups is 1. The summed E-state index contributed by atoms with van der Waals surface area (Å²) in [5.74, 6) is -1.65. The molecule has 0 saturated carbocycles. The largest absolute Gasteiger partial charge is 0.391 e. The van der Waals surface area contributed by atoms with Gasteiger partial charge in [0.05, 0.1) is 29.2 Å². The van der Waals surface area contributed by atoms with Gasteiger partial charge in [-0.1, -0.05) is 0 Å². The van der Waals surface area contributed by atoms with Gasteiger partial charge >= 0.3 is 0 Å². The van der Waals surface area contributed by atoms with Crippen LogP contribution in [0.15, 0.2) is 18.2 Å². The normalized spacial score (nSPS) is 20.2. The third-order valence-electron chi connectivity index (χ3n) is 4.54. The Morgan fingerprint density at radius 3 is 2.56 bits per heavy atom. The van der Waals surface area contributed by atoms with Crippen LogP contribution in [-0.4, -0.2) is 38.5 Å². The number of carbonyl (C=O) groups is 1. The lowest BCUT2D eigenvalue weighted by molar-refractivity contribution is 0.0706. The number of β-amino-alcohol motifs (C(OH)–C–C–N with tert-alkyl or cyclic N) is 1. The predicted molar refractivity (Wildman–Crippen MR) is 87.0 cm³/mol. The summed E-state index contributed by atoms with van der Waals surface area (Å²) in [6, 6.07) is 2.37. The number of amides is 1. The molecular formula is C18H19F2N3O2. The molecule has 0 spiro atoms. The Bertz CT molecular complexity index is 841. The summed E-state index contributed by atoms with van der Waals surface area (Å²) in [6.45, 7) is 5.26. The molecule has 1 saturated heterocycles. The topological polar surface area (TPSA) is 66.3 Å². The van der Waals surface area contributed by atoms with Gasteiger partial charge in [0, 0.05) is 12.1 Å². The van der Waals surface area contributed by atoms with Crippen molar-refractivity contribution >= 4 is 5.91 Å². The predicted octanol–water partition coefficient (Wildman–Crippen LogP) is 2.63. The highest BCUT2D eigenvalue weighted by atomic mass is 19.1. The average molecular weight is 347 g/mol. The van der Waals surface area contributed by atoms with Gasteiger partial charge in [0.25, 0.3) is 5.91 Å². The first-order chi connectivity index (χ1) is 11.8. The van der Waals surface area contributed by atoms with E-state index in [1.165, 1.54) is 4.90 Å². The van der Waals surface area contributed by atoms with Crippen molar-refractivity contribution < 1.29 is 18.7 Å². The third-order valence-corrected chi connectivity index (χ3v) is 4.54. The van der Waals surface area contributed by atoms with E-state index < -0.39 is 29.7 Å². The van der Waals surface area contributed by atoms with Crippen LogP contribution in [0.4, 0.5) is 8.78 Å². The zero-order chi connectivity index (χ0) is 18.3. The summed E-state index contributed by atoms with van der Waals surface area (Å²) in [7, 11) is 0. The molecule has 2 atom stereocenters. The number of hydrogen-bond acceptors (Lipinski definition) is 4. The van der Waals surface area contributed by atoms with Crippen LogP contribution >= 0.6 is 0 Å². The molecule has 1 aromatic heterocycles. The van der Waals surface area contributed by atoms with Crippen molar-refractivity contribution in [2.75, 3.05) is 6.54 Å². The molecule has 7 heteroatoms. The van der Waals surface area contributed by atoms with Gasteiger partial charge in [-0.2, -0.15) is 0 Å². The highest BCUT2D eigenvalue weighted by Crippen LogP contribution is 2.35. The molecule has 2 heterocycles. The number of carbonyl (C=O) groups excluding carboxylic acids is 1. The number of rotatable bonds is 2. The first-order valence-electron chi connectivity index (χ1n) is 8.03. The van der Waals surface area contributed by atoms with Gasteiger partial charge in [-0.15, -0.1) is 0 Å². The van der Waals surface area contributed by atoms with Crippen molar-refractivity contribution in [3.05, 3.63) is 58.2 Å². The number of benzene rings is 1. The van der Waals surface area contributed by atoms with Crippen LogP contribution in [0.3, 0.4) is 0 Å². The minimum atomic E-state index is -0.809. The van der Waals surface area contributed by atoms with E-state index in [0.29, 0.717) is 11.4 Å². The second kappa shape index (κ2) is 6.48. The maximum absolute atomic E-state index is 14.2. The Morgan fingerprint density at radius 2 is 1.84 bits per heavy atom. The fourth-order valence-electron chi connectivity index (χ4n) is 3.16. The van der Waals surface area contributed by atoms with Gasteiger partial charge in [-0.25, -0.2) is 13.8 Å². The van der Waals surface area contributed by atoms with Crippen molar-refractivity contribution in [3.8, 4) is 0 Å². The number of aliphatic hydroxyl groups excluding tert-OH is 1. The van der Waals surface area contributed by atoms with Crippen molar-refractivity contribution in [1.82, 2.24) is 14.9 Å². The van der Waals surface area contributed by atoms with E-state index in [2.05, 4.69) is 9.97 Å². The number of aromatic nitrogens is 2. The summed E-state index contributed by atoms with van der Waals surface area (Å²) < 4.78 is 27.7. The first kappa shape index (κ1) is 17.4. The fourth-order valence-corrected chi connectivity index (χ4v) is 3.16. The molecule has 132 valence electrons. The lowest BCUT2D eigenvalue weighted by atomic mass is 10.0. The number of hydrogen-bond donors (Lipinski definition) is 1. The van der Waals surface area contributed by atoms with Gasteiger partial charge in [-0.3, -0.25) is 9.78 Å². The summed E-state index contributed by atoms with van der Waals surface area (Å²) in [5.41, 5.74) is 2.04. The maximum Gasteiger partial charge on any atom is 0.274 e. The quantitative estimate of drug-likeness (QED) is 0.907. The smallest absolute Gasteiger partial charge is 0.274 e. The van der Waals surface area contributed by atoms with Gasteiger partial charge in [0.15, 0.2) is 0 Å². The molecule has 2 aromatic rings. The third kappa shape index (κ3) is 3.24. The summed E-state index contributed by atoms with van der Waals surface area (Å²) in [4.78, 5) is 22.9. The monoisotopic (exact) mass is 347 g/mol. The average Bonchev–Trinajstić information content (AvgIpc) is 2.94. The molecule has 1 aliphatic rings. The number of halogens is 2. The van der Waals surface area contributed by atoms with Crippen molar-refractivity contribution in [2.45, 2.75) is 39.3 Å². The zero-order valence-corrected chi connectivity index (χ0v) is 14.3. The van der Waals surface area contributed by atoms with Crippen molar-refractivity contribution in [3.63, 3.8) is 0 Å². The molecule has 0 aliphatic carbocycles. The van der Waals surface area contributed by atoms with Crippen molar-refractivity contribution in [2.24, 2.45) is 0 Å². The minimum absolute atomic E-state index is 0.0352. The standard InChI is InChI=1S/C18H19F2N3O2/c1-9-10(2)22-17(11(3)21-9)18(25)23-8-13(24)7-16(23)14-6-12(19)4-5-15(14)20/h4-6,13,16,24H,7-8H2,1-3H3/t13-,16-/m1/s1. The highest BCUT2D eigenvalue weighted by molar-refractivity contribution is 5.94. The summed E-state index contributed by atoms with van der Waals surface area (Å²) in [5, 5.41) is 10.0. The number of aryl methyl sites for hydroxylation is 3. The van der Waals surface area contributed by atoms with Crippen LogP contribution in [-0.2, 0) is 0 Å². The SMILES string of the molecule is Cc1nc(C)c(C(=O)N2C[C@H](O)C[C@@H]2c2cc(F)ccc2F)nc1C. The molecule has 1 N–H and O–H groups in total. The molecular weight excluding hydrogens is 328 g/mol. The lowest BCUT2D eigenvalue weighted by Gasteiger charge is -2.25. The molecule has 1 aromatic carbocycles. The zero-order valence-electron chi connectivity index (χ0n) is 14.3.